The van der Waals surface area contributed by atoms with Crippen LogP contribution < -0.4 is 21.3 Å². The van der Waals surface area contributed by atoms with Gasteiger partial charge in [-0.3, -0.25) is 14.4 Å². The number of rotatable bonds is 13. The van der Waals surface area contributed by atoms with Crippen molar-refractivity contribution in [1.29, 1.82) is 0 Å². The summed E-state index contributed by atoms with van der Waals surface area (Å²) in [6, 6.07) is 14.1. The van der Waals surface area contributed by atoms with Gasteiger partial charge in [0.05, 0.1) is 6.54 Å². The lowest BCUT2D eigenvalue weighted by molar-refractivity contribution is -0.116. The predicted molar refractivity (Wildman–Crippen MR) is 130 cm³/mol. The van der Waals surface area contributed by atoms with Crippen LogP contribution in [0.4, 0.5) is 17.1 Å². The number of carbonyl (C=O) groups is 3. The van der Waals surface area contributed by atoms with Gasteiger partial charge in [0.15, 0.2) is 0 Å². The highest BCUT2D eigenvalue weighted by Crippen LogP contribution is 2.16. The highest BCUT2D eigenvalue weighted by molar-refractivity contribution is 5.97. The average Bonchev–Trinajstić information content (AvgIpc) is 2.78. The van der Waals surface area contributed by atoms with Crippen molar-refractivity contribution < 1.29 is 14.4 Å². The van der Waals surface area contributed by atoms with Crippen molar-refractivity contribution in [3.63, 3.8) is 0 Å². The van der Waals surface area contributed by atoms with Crippen molar-refractivity contribution in [2.75, 3.05) is 29.0 Å². The second-order valence-electron chi connectivity index (χ2n) is 7.68. The summed E-state index contributed by atoms with van der Waals surface area (Å²) in [4.78, 5) is 36.5. The van der Waals surface area contributed by atoms with E-state index < -0.39 is 0 Å². The smallest absolute Gasteiger partial charge is 0.251 e. The first-order valence-corrected chi connectivity index (χ1v) is 11.3. The molecule has 4 N–H and O–H groups in total. The van der Waals surface area contributed by atoms with E-state index in [1.165, 1.54) is 0 Å². The molecule has 3 amide bonds. The number of benzene rings is 2. The maximum absolute atomic E-state index is 12.3. The number of anilines is 3. The Bertz CT molecular complexity index is 898. The first-order valence-electron chi connectivity index (χ1n) is 11.3. The van der Waals surface area contributed by atoms with Crippen molar-refractivity contribution in [2.24, 2.45) is 0 Å². The fourth-order valence-electron chi connectivity index (χ4n) is 3.07. The summed E-state index contributed by atoms with van der Waals surface area (Å²) >= 11 is 0. The number of carbonyl (C=O) groups excluding carboxylic acids is 3. The normalized spacial score (nSPS) is 10.3. The first kappa shape index (κ1) is 24.9. The summed E-state index contributed by atoms with van der Waals surface area (Å²) in [5.41, 5.74) is 2.50. The number of unbranched alkanes of at least 4 members (excludes halogenated alkanes) is 3. The third-order valence-electron chi connectivity index (χ3n) is 4.83. The molecule has 0 fully saturated rings. The summed E-state index contributed by atoms with van der Waals surface area (Å²) < 4.78 is 0. The third-order valence-corrected chi connectivity index (χ3v) is 4.83. The fourth-order valence-corrected chi connectivity index (χ4v) is 3.07. The molecule has 0 bridgehead atoms. The monoisotopic (exact) mass is 438 g/mol. The molecule has 7 heteroatoms. The first-order chi connectivity index (χ1) is 15.5. The van der Waals surface area contributed by atoms with Crippen LogP contribution in [0.15, 0.2) is 48.5 Å². The van der Waals surface area contributed by atoms with Gasteiger partial charge in [-0.05, 0) is 49.2 Å². The van der Waals surface area contributed by atoms with Gasteiger partial charge in [-0.2, -0.15) is 0 Å². The van der Waals surface area contributed by atoms with Crippen LogP contribution in [0.1, 0.15) is 62.7 Å². The van der Waals surface area contributed by atoms with Gasteiger partial charge in [-0.15, -0.1) is 0 Å². The van der Waals surface area contributed by atoms with E-state index in [2.05, 4.69) is 35.1 Å². The molecule has 32 heavy (non-hydrogen) atoms. The van der Waals surface area contributed by atoms with Gasteiger partial charge in [-0.1, -0.05) is 45.2 Å². The van der Waals surface area contributed by atoms with Crippen molar-refractivity contribution >= 4 is 34.8 Å². The maximum Gasteiger partial charge on any atom is 0.251 e. The standard InChI is InChI=1S/C25H34N4O3/c1-3-5-7-14-23(30)28-21-12-9-13-22(17-21)29-24(31)18-27-20-11-8-10-19(16-20)25(32)26-15-6-4-2/h8-13,16-17,27H,3-7,14-15,18H2,1-2H3,(H,26,32)(H,28,30)(H,29,31). The van der Waals surface area contributed by atoms with E-state index in [0.29, 0.717) is 35.6 Å². The summed E-state index contributed by atoms with van der Waals surface area (Å²) in [5.74, 6) is -0.378. The van der Waals surface area contributed by atoms with Crippen LogP contribution in [0.2, 0.25) is 0 Å². The van der Waals surface area contributed by atoms with Crippen LogP contribution in [0.3, 0.4) is 0 Å². The van der Waals surface area contributed by atoms with Crippen molar-refractivity contribution in [2.45, 2.75) is 52.4 Å². The lowest BCUT2D eigenvalue weighted by Gasteiger charge is -2.11. The Morgan fingerprint density at radius 3 is 2.12 bits per heavy atom. The molecule has 0 spiro atoms. The van der Waals surface area contributed by atoms with Crippen molar-refractivity contribution in [3.05, 3.63) is 54.1 Å². The van der Waals surface area contributed by atoms with E-state index in [9.17, 15) is 14.4 Å². The number of nitrogens with one attached hydrogen (secondary N) is 4. The summed E-state index contributed by atoms with van der Waals surface area (Å²) in [6.45, 7) is 4.87. The minimum absolute atomic E-state index is 0.0257. The Morgan fingerprint density at radius 1 is 0.750 bits per heavy atom. The molecule has 0 heterocycles. The van der Waals surface area contributed by atoms with Crippen molar-refractivity contribution in [1.82, 2.24) is 5.32 Å². The van der Waals surface area contributed by atoms with Gasteiger partial charge in [0, 0.05) is 35.6 Å². The quantitative estimate of drug-likeness (QED) is 0.338. The molecule has 0 saturated carbocycles. The zero-order valence-electron chi connectivity index (χ0n) is 19.0. The Morgan fingerprint density at radius 2 is 1.41 bits per heavy atom. The molecule has 2 aromatic rings. The van der Waals surface area contributed by atoms with E-state index in [-0.39, 0.29) is 24.3 Å². The molecule has 0 aliphatic heterocycles. The van der Waals surface area contributed by atoms with Crippen molar-refractivity contribution in [3.8, 4) is 0 Å². The lowest BCUT2D eigenvalue weighted by atomic mass is 10.2. The van der Waals surface area contributed by atoms with Gasteiger partial charge in [0.1, 0.15) is 0 Å². The van der Waals surface area contributed by atoms with E-state index in [1.807, 2.05) is 6.07 Å². The molecule has 7 nitrogen and oxygen atoms in total. The third kappa shape index (κ3) is 9.20. The largest absolute Gasteiger partial charge is 0.376 e. The highest BCUT2D eigenvalue weighted by Gasteiger charge is 2.08. The molecule has 0 unspecified atom stereocenters. The molecule has 0 saturated heterocycles. The van der Waals surface area contributed by atoms with Gasteiger partial charge >= 0.3 is 0 Å². The molecule has 0 aromatic heterocycles. The van der Waals surface area contributed by atoms with Gasteiger partial charge in [-0.25, -0.2) is 0 Å². The Balaban J connectivity index is 1.84. The minimum atomic E-state index is -0.228. The van der Waals surface area contributed by atoms with Gasteiger partial charge in [0.2, 0.25) is 11.8 Å². The second-order valence-corrected chi connectivity index (χ2v) is 7.68. The Labute approximate surface area is 190 Å². The van der Waals surface area contributed by atoms with Crippen LogP contribution in [-0.2, 0) is 9.59 Å². The molecule has 2 aromatic carbocycles. The molecule has 0 radical (unpaired) electrons. The molecular formula is C25H34N4O3. The summed E-state index contributed by atoms with van der Waals surface area (Å²) in [6.07, 6.45) is 5.41. The van der Waals surface area contributed by atoms with E-state index in [0.717, 1.165) is 32.1 Å². The van der Waals surface area contributed by atoms with Crippen LogP contribution in [0, 0.1) is 0 Å². The topological polar surface area (TPSA) is 99.3 Å². The zero-order chi connectivity index (χ0) is 23.2. The molecular weight excluding hydrogens is 404 g/mol. The molecule has 0 atom stereocenters. The summed E-state index contributed by atoms with van der Waals surface area (Å²) in [5, 5.41) is 11.6. The van der Waals surface area contributed by atoms with E-state index in [1.54, 1.807) is 42.5 Å². The SMILES string of the molecule is CCCCCC(=O)Nc1cccc(NC(=O)CNc2cccc(C(=O)NCCCC)c2)c1. The van der Waals surface area contributed by atoms with Gasteiger partial charge < -0.3 is 21.3 Å². The van der Waals surface area contributed by atoms with Crippen LogP contribution in [-0.4, -0.2) is 30.8 Å². The molecule has 172 valence electrons. The van der Waals surface area contributed by atoms with Crippen LogP contribution in [0.25, 0.3) is 0 Å². The number of amides is 3. The highest BCUT2D eigenvalue weighted by atomic mass is 16.2. The molecule has 2 rings (SSSR count). The minimum Gasteiger partial charge on any atom is -0.376 e. The number of hydrogen-bond donors (Lipinski definition) is 4. The number of hydrogen-bond acceptors (Lipinski definition) is 4. The summed E-state index contributed by atoms with van der Waals surface area (Å²) in [7, 11) is 0. The zero-order valence-corrected chi connectivity index (χ0v) is 19.0. The fraction of sp³-hybridized carbons (Fsp3) is 0.400. The maximum atomic E-state index is 12.3. The average molecular weight is 439 g/mol. The van der Waals surface area contributed by atoms with E-state index >= 15 is 0 Å². The van der Waals surface area contributed by atoms with Crippen LogP contribution in [0.5, 0.6) is 0 Å². The lowest BCUT2D eigenvalue weighted by Crippen LogP contribution is -2.25. The van der Waals surface area contributed by atoms with E-state index in [4.69, 9.17) is 0 Å². The Hall–Kier alpha value is -3.35. The second kappa shape index (κ2) is 13.9. The van der Waals surface area contributed by atoms with Crippen LogP contribution >= 0.6 is 0 Å². The van der Waals surface area contributed by atoms with Gasteiger partial charge in [0.25, 0.3) is 5.91 Å². The molecule has 0 aliphatic rings. The molecule has 0 aliphatic carbocycles. The predicted octanol–water partition coefficient (Wildman–Crippen LogP) is 4.79. The Kier molecular flexibility index (Phi) is 10.8.